The Morgan fingerprint density at radius 3 is 2.86 bits per heavy atom. The molecule has 0 amide bonds. The zero-order valence-electron chi connectivity index (χ0n) is 6.66. The molecule has 0 saturated heterocycles. The van der Waals surface area contributed by atoms with E-state index in [1.165, 1.54) is 11.3 Å². The summed E-state index contributed by atoms with van der Waals surface area (Å²) in [6, 6.07) is 5.18. The highest BCUT2D eigenvalue weighted by Crippen LogP contribution is 2.41. The summed E-state index contributed by atoms with van der Waals surface area (Å²) in [5, 5.41) is 12.0. The van der Waals surface area contributed by atoms with Crippen LogP contribution in [0.25, 0.3) is 10.1 Å². The topological polar surface area (TPSA) is 43.1 Å². The lowest BCUT2D eigenvalue weighted by molar-refractivity contribution is -0.383. The van der Waals surface area contributed by atoms with Crippen molar-refractivity contribution in [3.05, 3.63) is 36.2 Å². The van der Waals surface area contributed by atoms with Crippen LogP contribution in [0.4, 0.5) is 5.69 Å². The third-order valence-electron chi connectivity index (χ3n) is 1.78. The predicted molar refractivity (Wildman–Crippen MR) is 66.2 cm³/mol. The van der Waals surface area contributed by atoms with Gasteiger partial charge >= 0.3 is 5.69 Å². The molecule has 0 saturated carbocycles. The van der Waals surface area contributed by atoms with Crippen molar-refractivity contribution in [3.63, 3.8) is 0 Å². The molecule has 14 heavy (non-hydrogen) atoms. The molecule has 1 aromatic heterocycles. The molecule has 0 spiro atoms. The highest BCUT2D eigenvalue weighted by Gasteiger charge is 2.21. The maximum Gasteiger partial charge on any atom is 0.301 e. The third kappa shape index (κ3) is 1.49. The van der Waals surface area contributed by atoms with Crippen LogP contribution in [-0.4, -0.2) is 4.92 Å². The first-order valence-electron chi connectivity index (χ1n) is 3.62. The van der Waals surface area contributed by atoms with Crippen LogP contribution >= 0.6 is 45.5 Å². The first kappa shape index (κ1) is 10.1. The molecule has 0 fully saturated rings. The lowest BCUT2D eigenvalue weighted by Gasteiger charge is -1.91. The van der Waals surface area contributed by atoms with Gasteiger partial charge in [0.1, 0.15) is 2.88 Å². The Bertz CT molecular complexity index is 525. The Morgan fingerprint density at radius 2 is 2.21 bits per heavy atom. The summed E-state index contributed by atoms with van der Waals surface area (Å²) in [6.45, 7) is 0. The first-order chi connectivity index (χ1) is 6.61. The van der Waals surface area contributed by atoms with E-state index in [0.717, 1.165) is 4.70 Å². The van der Waals surface area contributed by atoms with Crippen molar-refractivity contribution in [3.8, 4) is 0 Å². The molecule has 0 radical (unpaired) electrons. The van der Waals surface area contributed by atoms with Crippen LogP contribution in [0.1, 0.15) is 0 Å². The second kappa shape index (κ2) is 3.63. The Kier molecular flexibility index (Phi) is 2.63. The average Bonchev–Trinajstić information content (AvgIpc) is 2.42. The van der Waals surface area contributed by atoms with Gasteiger partial charge in [0.05, 0.1) is 20.0 Å². The Hall–Kier alpha value is -0.400. The molecule has 1 aromatic carbocycles. The summed E-state index contributed by atoms with van der Waals surface area (Å²) in [7, 11) is 0. The van der Waals surface area contributed by atoms with Gasteiger partial charge in [0.15, 0.2) is 0 Å². The molecule has 2 rings (SSSR count). The molecular weight excluding hydrogens is 337 g/mol. The van der Waals surface area contributed by atoms with E-state index in [9.17, 15) is 10.1 Å². The molecule has 0 N–H and O–H groups in total. The number of hydrogen-bond acceptors (Lipinski definition) is 3. The van der Waals surface area contributed by atoms with Crippen molar-refractivity contribution in [2.75, 3.05) is 0 Å². The number of rotatable bonds is 1. The first-order valence-corrected chi connectivity index (χ1v) is 5.89. The Labute approximate surface area is 102 Å². The fourth-order valence-corrected chi connectivity index (χ4v) is 3.55. The number of benzene rings is 1. The van der Waals surface area contributed by atoms with Crippen LogP contribution in [-0.2, 0) is 0 Å². The van der Waals surface area contributed by atoms with Gasteiger partial charge in [-0.3, -0.25) is 10.1 Å². The average molecular weight is 340 g/mol. The van der Waals surface area contributed by atoms with Gasteiger partial charge in [-0.1, -0.05) is 17.7 Å². The third-order valence-corrected chi connectivity index (χ3v) is 4.40. The lowest BCUT2D eigenvalue weighted by atomic mass is 10.2. The molecule has 72 valence electrons. The van der Waals surface area contributed by atoms with Gasteiger partial charge in [0.25, 0.3) is 0 Å². The number of halogens is 2. The monoisotopic (exact) mass is 339 g/mol. The minimum absolute atomic E-state index is 0.160. The van der Waals surface area contributed by atoms with Crippen LogP contribution in [0, 0.1) is 13.0 Å². The fourth-order valence-electron chi connectivity index (χ4n) is 1.21. The number of fused-ring (bicyclic) bond motifs is 1. The highest BCUT2D eigenvalue weighted by atomic mass is 127. The maximum atomic E-state index is 10.8. The van der Waals surface area contributed by atoms with Crippen LogP contribution in [0.2, 0.25) is 5.02 Å². The Morgan fingerprint density at radius 1 is 1.50 bits per heavy atom. The van der Waals surface area contributed by atoms with Crippen molar-refractivity contribution < 1.29 is 4.92 Å². The van der Waals surface area contributed by atoms with Crippen LogP contribution in [0.5, 0.6) is 0 Å². The highest BCUT2D eigenvalue weighted by molar-refractivity contribution is 14.1. The lowest BCUT2D eigenvalue weighted by Crippen LogP contribution is -1.87. The van der Waals surface area contributed by atoms with E-state index >= 15 is 0 Å². The minimum Gasteiger partial charge on any atom is -0.258 e. The van der Waals surface area contributed by atoms with Gasteiger partial charge in [0.2, 0.25) is 0 Å². The van der Waals surface area contributed by atoms with Crippen molar-refractivity contribution >= 4 is 61.3 Å². The van der Waals surface area contributed by atoms with Crippen molar-refractivity contribution in [1.29, 1.82) is 0 Å². The number of nitro groups is 1. The maximum absolute atomic E-state index is 10.8. The summed E-state index contributed by atoms with van der Waals surface area (Å²) in [4.78, 5) is 10.4. The molecule has 3 nitrogen and oxygen atoms in total. The van der Waals surface area contributed by atoms with Crippen LogP contribution in [0.15, 0.2) is 18.2 Å². The van der Waals surface area contributed by atoms with E-state index in [-0.39, 0.29) is 10.6 Å². The second-order valence-corrected chi connectivity index (χ2v) is 5.84. The molecule has 1 heterocycles. The molecule has 0 atom stereocenters. The standard InChI is InChI=1S/C8H3ClINO2S/c9-5-3-1-2-4-6(11(12)13)8(10)14-7(4)5/h1-3H. The van der Waals surface area contributed by atoms with Gasteiger partial charge < -0.3 is 0 Å². The van der Waals surface area contributed by atoms with Crippen LogP contribution < -0.4 is 0 Å². The minimum atomic E-state index is -0.364. The normalized spacial score (nSPS) is 10.7. The summed E-state index contributed by atoms with van der Waals surface area (Å²) in [5.41, 5.74) is 0.160. The quantitative estimate of drug-likeness (QED) is 0.446. The van der Waals surface area contributed by atoms with Gasteiger partial charge in [-0.15, -0.1) is 11.3 Å². The fraction of sp³-hybridized carbons (Fsp3) is 0. The van der Waals surface area contributed by atoms with E-state index in [2.05, 4.69) is 0 Å². The Balaban J connectivity index is 2.90. The molecule has 0 bridgehead atoms. The van der Waals surface area contributed by atoms with Crippen molar-refractivity contribution in [2.45, 2.75) is 0 Å². The van der Waals surface area contributed by atoms with Gasteiger partial charge in [0, 0.05) is 0 Å². The summed E-state index contributed by atoms with van der Waals surface area (Å²) < 4.78 is 1.45. The van der Waals surface area contributed by atoms with Crippen LogP contribution in [0.3, 0.4) is 0 Å². The summed E-state index contributed by atoms with van der Waals surface area (Å²) in [6.07, 6.45) is 0. The van der Waals surface area contributed by atoms with E-state index in [0.29, 0.717) is 13.3 Å². The van der Waals surface area contributed by atoms with E-state index < -0.39 is 0 Å². The zero-order chi connectivity index (χ0) is 10.3. The second-order valence-electron chi connectivity index (χ2n) is 2.60. The van der Waals surface area contributed by atoms with Crippen molar-refractivity contribution in [2.24, 2.45) is 0 Å². The van der Waals surface area contributed by atoms with Crippen molar-refractivity contribution in [1.82, 2.24) is 0 Å². The van der Waals surface area contributed by atoms with E-state index in [1.807, 2.05) is 22.6 Å². The number of thiophene rings is 1. The summed E-state index contributed by atoms with van der Waals surface area (Å²) >= 11 is 9.24. The number of hydrogen-bond donors (Lipinski definition) is 0. The predicted octanol–water partition coefficient (Wildman–Crippen LogP) is 4.07. The molecule has 0 aliphatic carbocycles. The largest absolute Gasteiger partial charge is 0.301 e. The molecular formula is C8H3ClINO2S. The SMILES string of the molecule is O=[N+]([O-])c1c(I)sc2c(Cl)cccc12. The molecule has 2 aromatic rings. The van der Waals surface area contributed by atoms with Gasteiger partial charge in [-0.25, -0.2) is 0 Å². The van der Waals surface area contributed by atoms with Gasteiger partial charge in [-0.2, -0.15) is 0 Å². The molecule has 0 aliphatic rings. The van der Waals surface area contributed by atoms with E-state index in [4.69, 9.17) is 11.6 Å². The summed E-state index contributed by atoms with van der Waals surface area (Å²) in [5.74, 6) is 0. The number of nitrogens with zero attached hydrogens (tertiary/aromatic N) is 1. The van der Waals surface area contributed by atoms with E-state index in [1.54, 1.807) is 18.2 Å². The molecule has 0 unspecified atom stereocenters. The smallest absolute Gasteiger partial charge is 0.258 e. The zero-order valence-corrected chi connectivity index (χ0v) is 10.4. The molecule has 6 heteroatoms. The molecule has 0 aliphatic heterocycles. The van der Waals surface area contributed by atoms with Gasteiger partial charge in [-0.05, 0) is 34.7 Å².